The van der Waals surface area contributed by atoms with E-state index in [0.717, 1.165) is 10.9 Å². The summed E-state index contributed by atoms with van der Waals surface area (Å²) in [5, 5.41) is 10.3. The van der Waals surface area contributed by atoms with Gasteiger partial charge in [-0.25, -0.2) is 4.79 Å². The maximum atomic E-state index is 11.8. The molecule has 2 aromatic rings. The summed E-state index contributed by atoms with van der Waals surface area (Å²) in [6.07, 6.45) is -0.0531. The molecule has 6 nitrogen and oxygen atoms in total. The number of rotatable bonds is 4. The molecule has 2 heterocycles. The molecule has 0 saturated carbocycles. The zero-order valence-corrected chi connectivity index (χ0v) is 11.6. The molecular weight excluding hydrogens is 274 g/mol. The number of carbonyl (C=O) groups is 2. The summed E-state index contributed by atoms with van der Waals surface area (Å²) in [7, 11) is 0. The van der Waals surface area contributed by atoms with Gasteiger partial charge in [0.2, 0.25) is 0 Å². The number of hydrogen-bond acceptors (Lipinski definition) is 4. The van der Waals surface area contributed by atoms with Gasteiger partial charge in [0.25, 0.3) is 0 Å². The number of ether oxygens (including phenoxy) is 2. The average Bonchev–Trinajstić information content (AvgIpc) is 2.76. The van der Waals surface area contributed by atoms with E-state index in [2.05, 4.69) is 0 Å². The van der Waals surface area contributed by atoms with Gasteiger partial charge in [-0.05, 0) is 13.0 Å². The van der Waals surface area contributed by atoms with Gasteiger partial charge in [0.05, 0.1) is 25.1 Å². The van der Waals surface area contributed by atoms with E-state index in [9.17, 15) is 14.7 Å². The number of esters is 1. The van der Waals surface area contributed by atoms with Crippen LogP contribution < -0.4 is 4.74 Å². The third kappa shape index (κ3) is 2.12. The number of carboxylic acids is 1. The number of benzene rings is 1. The van der Waals surface area contributed by atoms with Crippen LogP contribution in [0, 0.1) is 0 Å². The lowest BCUT2D eigenvalue weighted by atomic mass is 10.1. The van der Waals surface area contributed by atoms with Gasteiger partial charge in [-0.2, -0.15) is 0 Å². The van der Waals surface area contributed by atoms with Gasteiger partial charge in [0, 0.05) is 10.9 Å². The van der Waals surface area contributed by atoms with Crippen LogP contribution in [0.3, 0.4) is 0 Å². The Morgan fingerprint density at radius 3 is 2.95 bits per heavy atom. The van der Waals surface area contributed by atoms with E-state index in [1.807, 2.05) is 6.07 Å². The molecule has 0 atom stereocenters. The highest BCUT2D eigenvalue weighted by atomic mass is 16.5. The number of carboxylic acid groups (broad SMARTS) is 1. The number of carbonyl (C=O) groups excluding carboxylic acids is 1. The van der Waals surface area contributed by atoms with Gasteiger partial charge in [0.15, 0.2) is 0 Å². The second kappa shape index (κ2) is 5.12. The molecule has 0 amide bonds. The Labute approximate surface area is 120 Å². The lowest BCUT2D eigenvalue weighted by Gasteiger charge is -2.17. The molecule has 1 aromatic carbocycles. The Bertz CT molecular complexity index is 731. The van der Waals surface area contributed by atoms with E-state index in [0.29, 0.717) is 24.5 Å². The molecule has 110 valence electrons. The van der Waals surface area contributed by atoms with Gasteiger partial charge < -0.3 is 19.1 Å². The van der Waals surface area contributed by atoms with Crippen LogP contribution in [0.1, 0.15) is 23.0 Å². The zero-order chi connectivity index (χ0) is 15.0. The molecule has 1 aliphatic heterocycles. The van der Waals surface area contributed by atoms with Crippen molar-refractivity contribution in [2.75, 3.05) is 13.2 Å². The van der Waals surface area contributed by atoms with Crippen LogP contribution in [-0.2, 0) is 22.5 Å². The first-order valence-electron chi connectivity index (χ1n) is 6.79. The minimum Gasteiger partial charge on any atom is -0.490 e. The quantitative estimate of drug-likeness (QED) is 0.869. The molecule has 6 heteroatoms. The molecule has 1 aliphatic rings. The van der Waals surface area contributed by atoms with Crippen molar-refractivity contribution in [3.8, 4) is 5.75 Å². The summed E-state index contributed by atoms with van der Waals surface area (Å²) in [5.74, 6) is -0.820. The third-order valence-corrected chi connectivity index (χ3v) is 3.55. The minimum atomic E-state index is -1.04. The van der Waals surface area contributed by atoms with Crippen molar-refractivity contribution in [2.24, 2.45) is 0 Å². The Balaban J connectivity index is 2.22. The molecule has 0 aliphatic carbocycles. The fourth-order valence-corrected chi connectivity index (χ4v) is 2.81. The van der Waals surface area contributed by atoms with Crippen LogP contribution in [-0.4, -0.2) is 34.8 Å². The molecular formula is C15H15NO5. The van der Waals surface area contributed by atoms with Crippen LogP contribution in [0.25, 0.3) is 10.9 Å². The Kier molecular flexibility index (Phi) is 3.29. The van der Waals surface area contributed by atoms with E-state index < -0.39 is 11.9 Å². The van der Waals surface area contributed by atoms with Crippen LogP contribution in [0.2, 0.25) is 0 Å². The fourth-order valence-electron chi connectivity index (χ4n) is 2.81. The van der Waals surface area contributed by atoms with Gasteiger partial charge in [-0.15, -0.1) is 0 Å². The summed E-state index contributed by atoms with van der Waals surface area (Å²) < 4.78 is 12.2. The van der Waals surface area contributed by atoms with E-state index in [1.165, 1.54) is 0 Å². The second-order valence-electron chi connectivity index (χ2n) is 4.77. The number of hydrogen-bond donors (Lipinski definition) is 1. The van der Waals surface area contributed by atoms with Crippen molar-refractivity contribution in [2.45, 2.75) is 19.9 Å². The van der Waals surface area contributed by atoms with E-state index >= 15 is 0 Å². The highest BCUT2D eigenvalue weighted by molar-refractivity contribution is 6.02. The summed E-state index contributed by atoms with van der Waals surface area (Å²) in [6, 6.07) is 5.41. The van der Waals surface area contributed by atoms with Crippen LogP contribution in [0.4, 0.5) is 0 Å². The predicted molar refractivity (Wildman–Crippen MR) is 74.7 cm³/mol. The highest BCUT2D eigenvalue weighted by Crippen LogP contribution is 2.35. The molecule has 0 unspecified atom stereocenters. The van der Waals surface area contributed by atoms with E-state index in [4.69, 9.17) is 9.47 Å². The molecule has 3 rings (SSSR count). The molecule has 0 spiro atoms. The first kappa shape index (κ1) is 13.5. The van der Waals surface area contributed by atoms with Gasteiger partial charge >= 0.3 is 11.9 Å². The number of aromatic carboxylic acids is 1. The topological polar surface area (TPSA) is 77.8 Å². The monoisotopic (exact) mass is 289 g/mol. The normalized spacial score (nSPS) is 13.0. The molecule has 0 bridgehead atoms. The summed E-state index contributed by atoms with van der Waals surface area (Å²) in [5.41, 5.74) is 1.37. The average molecular weight is 289 g/mol. The summed E-state index contributed by atoms with van der Waals surface area (Å²) in [6.45, 7) is 2.87. The smallest absolute Gasteiger partial charge is 0.352 e. The van der Waals surface area contributed by atoms with Crippen molar-refractivity contribution in [1.82, 2.24) is 4.57 Å². The molecule has 21 heavy (non-hydrogen) atoms. The summed E-state index contributed by atoms with van der Waals surface area (Å²) >= 11 is 0. The van der Waals surface area contributed by atoms with Crippen molar-refractivity contribution in [1.29, 1.82) is 0 Å². The first-order chi connectivity index (χ1) is 10.1. The predicted octanol–water partition coefficient (Wildman–Crippen LogP) is 1.84. The van der Waals surface area contributed by atoms with Crippen molar-refractivity contribution < 1.29 is 24.2 Å². The third-order valence-electron chi connectivity index (χ3n) is 3.55. The maximum Gasteiger partial charge on any atom is 0.352 e. The summed E-state index contributed by atoms with van der Waals surface area (Å²) in [4.78, 5) is 23.4. The minimum absolute atomic E-state index is 0.0531. The van der Waals surface area contributed by atoms with Crippen LogP contribution in [0.5, 0.6) is 5.75 Å². The number of aromatic nitrogens is 1. The Morgan fingerprint density at radius 2 is 2.24 bits per heavy atom. The van der Waals surface area contributed by atoms with Crippen molar-refractivity contribution >= 4 is 22.8 Å². The highest BCUT2D eigenvalue weighted by Gasteiger charge is 2.27. The maximum absolute atomic E-state index is 11.8. The van der Waals surface area contributed by atoms with Crippen molar-refractivity contribution in [3.05, 3.63) is 29.5 Å². The van der Waals surface area contributed by atoms with E-state index in [1.54, 1.807) is 23.6 Å². The first-order valence-corrected chi connectivity index (χ1v) is 6.79. The number of nitrogens with zero attached hydrogens (tertiary/aromatic N) is 1. The van der Waals surface area contributed by atoms with Gasteiger partial charge in [-0.3, -0.25) is 4.79 Å². The standard InChI is InChI=1S/C15H15NO5/c1-2-20-12(17)8-10-9-4-3-5-11-13(9)16(6-7-21-11)14(10)15(18)19/h3-5H,2,6-8H2,1H3,(H,18,19). The van der Waals surface area contributed by atoms with E-state index in [-0.39, 0.29) is 18.7 Å². The second-order valence-corrected chi connectivity index (χ2v) is 4.77. The van der Waals surface area contributed by atoms with Crippen LogP contribution in [0.15, 0.2) is 18.2 Å². The van der Waals surface area contributed by atoms with Gasteiger partial charge in [0.1, 0.15) is 18.1 Å². The molecule has 0 radical (unpaired) electrons. The molecule has 1 N–H and O–H groups in total. The largest absolute Gasteiger partial charge is 0.490 e. The molecule has 0 saturated heterocycles. The fraction of sp³-hybridized carbons (Fsp3) is 0.333. The molecule has 1 aromatic heterocycles. The van der Waals surface area contributed by atoms with Crippen LogP contribution >= 0.6 is 0 Å². The van der Waals surface area contributed by atoms with Gasteiger partial charge in [-0.1, -0.05) is 12.1 Å². The molecule has 0 fully saturated rings. The lowest BCUT2D eigenvalue weighted by Crippen LogP contribution is -2.19. The SMILES string of the molecule is CCOC(=O)Cc1c(C(=O)O)n2c3c(cccc13)OCC2. The zero-order valence-electron chi connectivity index (χ0n) is 11.6. The Hall–Kier alpha value is -2.50. The Morgan fingerprint density at radius 1 is 1.43 bits per heavy atom. The number of para-hydroxylation sites is 1. The lowest BCUT2D eigenvalue weighted by molar-refractivity contribution is -0.142. The van der Waals surface area contributed by atoms with Crippen molar-refractivity contribution in [3.63, 3.8) is 0 Å².